The van der Waals surface area contributed by atoms with Crippen molar-refractivity contribution in [2.75, 3.05) is 23.3 Å². The topological polar surface area (TPSA) is 66.2 Å². The highest BCUT2D eigenvalue weighted by Gasteiger charge is 2.22. The van der Waals surface area contributed by atoms with Crippen molar-refractivity contribution in [3.8, 4) is 0 Å². The van der Waals surface area contributed by atoms with Crippen molar-refractivity contribution in [3.05, 3.63) is 12.3 Å². The van der Waals surface area contributed by atoms with Gasteiger partial charge in [-0.2, -0.15) is 9.97 Å². The van der Waals surface area contributed by atoms with E-state index >= 15 is 0 Å². The van der Waals surface area contributed by atoms with E-state index < -0.39 is 0 Å². The first-order valence-electron chi connectivity index (χ1n) is 7.57. The van der Waals surface area contributed by atoms with Gasteiger partial charge in [0.05, 0.1) is 11.5 Å². The van der Waals surface area contributed by atoms with Crippen LogP contribution in [0.3, 0.4) is 0 Å². The maximum atomic E-state index is 9.69. The van der Waals surface area contributed by atoms with Crippen LogP contribution in [0.15, 0.2) is 12.3 Å². The first kappa shape index (κ1) is 14.1. The van der Waals surface area contributed by atoms with Gasteiger partial charge in [-0.15, -0.1) is 0 Å². The summed E-state index contributed by atoms with van der Waals surface area (Å²) in [6.07, 6.45) is 3.43. The van der Waals surface area contributed by atoms with Gasteiger partial charge in [-0.25, -0.2) is 0 Å². The number of nitrogens with zero attached hydrogens (tertiary/aromatic N) is 4. The predicted octanol–water partition coefficient (Wildman–Crippen LogP) is 1.75. The second-order valence-corrected chi connectivity index (χ2v) is 6.05. The fourth-order valence-corrected chi connectivity index (χ4v) is 2.76. The lowest BCUT2D eigenvalue weighted by molar-refractivity contribution is 0.145. The Bertz CT molecular complexity index is 628. The molecule has 0 saturated carbocycles. The summed E-state index contributed by atoms with van der Waals surface area (Å²) >= 11 is 0. The summed E-state index contributed by atoms with van der Waals surface area (Å²) in [6.45, 7) is 5.83. The van der Waals surface area contributed by atoms with E-state index in [4.69, 9.17) is 4.98 Å². The zero-order chi connectivity index (χ0) is 15.0. The van der Waals surface area contributed by atoms with E-state index in [1.54, 1.807) is 0 Å². The minimum atomic E-state index is -0.178. The highest BCUT2D eigenvalue weighted by atomic mass is 16.3. The van der Waals surface area contributed by atoms with E-state index in [9.17, 15) is 5.11 Å². The summed E-state index contributed by atoms with van der Waals surface area (Å²) in [5.74, 6) is 1.64. The molecule has 2 N–H and O–H groups in total. The van der Waals surface area contributed by atoms with E-state index in [1.165, 1.54) is 0 Å². The molecule has 1 aliphatic rings. The first-order chi connectivity index (χ1) is 10.0. The number of fused-ring (bicyclic) bond motifs is 1. The molecule has 1 aliphatic heterocycles. The third kappa shape index (κ3) is 2.81. The molecule has 2 aromatic rings. The highest BCUT2D eigenvalue weighted by molar-refractivity contribution is 5.89. The lowest BCUT2D eigenvalue weighted by Crippen LogP contribution is -2.36. The minimum Gasteiger partial charge on any atom is -0.393 e. The normalized spacial score (nSPS) is 16.9. The van der Waals surface area contributed by atoms with Crippen molar-refractivity contribution >= 4 is 22.8 Å². The van der Waals surface area contributed by atoms with E-state index in [2.05, 4.69) is 35.1 Å². The van der Waals surface area contributed by atoms with Crippen LogP contribution in [-0.4, -0.2) is 44.9 Å². The lowest BCUT2D eigenvalue weighted by Gasteiger charge is -2.31. The predicted molar refractivity (Wildman–Crippen MR) is 84.7 cm³/mol. The number of nitrogens with one attached hydrogen (secondary N) is 1. The van der Waals surface area contributed by atoms with Gasteiger partial charge in [0.25, 0.3) is 0 Å². The van der Waals surface area contributed by atoms with Crippen molar-refractivity contribution in [2.45, 2.75) is 38.8 Å². The molecule has 114 valence electrons. The van der Waals surface area contributed by atoms with Crippen molar-refractivity contribution in [1.82, 2.24) is 14.5 Å². The molecule has 0 atom stereocenters. The minimum absolute atomic E-state index is 0.178. The Balaban J connectivity index is 2.02. The van der Waals surface area contributed by atoms with Crippen LogP contribution in [0.4, 0.5) is 11.8 Å². The molecule has 0 radical (unpaired) electrons. The second-order valence-electron chi connectivity index (χ2n) is 6.05. The zero-order valence-electron chi connectivity index (χ0n) is 12.9. The van der Waals surface area contributed by atoms with Gasteiger partial charge in [0, 0.05) is 32.4 Å². The second kappa shape index (κ2) is 5.52. The Kier molecular flexibility index (Phi) is 3.71. The summed E-state index contributed by atoms with van der Waals surface area (Å²) in [5, 5.41) is 14.1. The van der Waals surface area contributed by atoms with Crippen LogP contribution in [0.5, 0.6) is 0 Å². The Labute approximate surface area is 124 Å². The maximum absolute atomic E-state index is 9.69. The highest BCUT2D eigenvalue weighted by Crippen LogP contribution is 2.28. The number of aliphatic hydroxyl groups is 1. The van der Waals surface area contributed by atoms with Crippen LogP contribution in [0.25, 0.3) is 11.0 Å². The first-order valence-corrected chi connectivity index (χ1v) is 7.57. The van der Waals surface area contributed by atoms with Crippen molar-refractivity contribution in [3.63, 3.8) is 0 Å². The maximum Gasteiger partial charge on any atom is 0.226 e. The van der Waals surface area contributed by atoms with E-state index in [1.807, 2.05) is 17.8 Å². The van der Waals surface area contributed by atoms with Gasteiger partial charge in [-0.05, 0) is 32.8 Å². The number of aryl methyl sites for hydroxylation is 1. The van der Waals surface area contributed by atoms with Gasteiger partial charge < -0.3 is 19.9 Å². The Morgan fingerprint density at radius 1 is 1.29 bits per heavy atom. The third-order valence-corrected chi connectivity index (χ3v) is 3.89. The summed E-state index contributed by atoms with van der Waals surface area (Å²) in [6, 6.07) is 2.35. The van der Waals surface area contributed by atoms with Crippen LogP contribution in [0.1, 0.15) is 26.7 Å². The molecular weight excluding hydrogens is 266 g/mol. The molecule has 0 aliphatic carbocycles. The smallest absolute Gasteiger partial charge is 0.226 e. The van der Waals surface area contributed by atoms with Crippen LogP contribution in [0, 0.1) is 0 Å². The molecule has 2 aromatic heterocycles. The molecule has 0 aromatic carbocycles. The van der Waals surface area contributed by atoms with Gasteiger partial charge in [-0.1, -0.05) is 0 Å². The summed E-state index contributed by atoms with van der Waals surface area (Å²) < 4.78 is 2.02. The number of hydrogen-bond donors (Lipinski definition) is 2. The summed E-state index contributed by atoms with van der Waals surface area (Å²) in [7, 11) is 2.00. The van der Waals surface area contributed by atoms with Crippen molar-refractivity contribution in [2.24, 2.45) is 7.05 Å². The van der Waals surface area contributed by atoms with E-state index in [0.717, 1.165) is 42.8 Å². The molecule has 6 heteroatoms. The lowest BCUT2D eigenvalue weighted by atomic mass is 10.1. The third-order valence-electron chi connectivity index (χ3n) is 3.89. The van der Waals surface area contributed by atoms with Crippen molar-refractivity contribution < 1.29 is 5.11 Å². The van der Waals surface area contributed by atoms with Crippen LogP contribution in [0.2, 0.25) is 0 Å². The number of aliphatic hydroxyl groups excluding tert-OH is 1. The van der Waals surface area contributed by atoms with Gasteiger partial charge in [0.2, 0.25) is 5.95 Å². The monoisotopic (exact) mass is 289 g/mol. The Morgan fingerprint density at radius 2 is 2.00 bits per heavy atom. The van der Waals surface area contributed by atoms with Crippen LogP contribution in [-0.2, 0) is 7.05 Å². The molecule has 3 heterocycles. The number of anilines is 2. The Hall–Kier alpha value is -1.82. The fourth-order valence-electron chi connectivity index (χ4n) is 2.76. The van der Waals surface area contributed by atoms with Crippen LogP contribution >= 0.6 is 0 Å². The molecule has 1 saturated heterocycles. The summed E-state index contributed by atoms with van der Waals surface area (Å²) in [4.78, 5) is 11.6. The molecule has 1 fully saturated rings. The molecule has 0 amide bonds. The molecule has 6 nitrogen and oxygen atoms in total. The molecule has 3 rings (SSSR count). The average Bonchev–Trinajstić information content (AvgIpc) is 2.80. The molecule has 21 heavy (non-hydrogen) atoms. The van der Waals surface area contributed by atoms with E-state index in [0.29, 0.717) is 12.0 Å². The quantitative estimate of drug-likeness (QED) is 0.901. The van der Waals surface area contributed by atoms with Gasteiger partial charge in [0.1, 0.15) is 11.5 Å². The van der Waals surface area contributed by atoms with E-state index in [-0.39, 0.29) is 6.10 Å². The number of piperidine rings is 1. The summed E-state index contributed by atoms with van der Waals surface area (Å²) in [5.41, 5.74) is 0.939. The molecule has 0 unspecified atom stereocenters. The largest absolute Gasteiger partial charge is 0.393 e. The number of rotatable bonds is 3. The average molecular weight is 289 g/mol. The van der Waals surface area contributed by atoms with Gasteiger partial charge in [-0.3, -0.25) is 0 Å². The SMILES string of the molecule is CC(C)Nc1nc(N2CCC(O)CC2)c2ccn(C)c2n1. The Morgan fingerprint density at radius 3 is 2.67 bits per heavy atom. The zero-order valence-corrected chi connectivity index (χ0v) is 12.9. The number of aromatic nitrogens is 3. The molecular formula is C15H23N5O. The molecule has 0 spiro atoms. The fraction of sp³-hybridized carbons (Fsp3) is 0.600. The van der Waals surface area contributed by atoms with Crippen LogP contribution < -0.4 is 10.2 Å². The van der Waals surface area contributed by atoms with Gasteiger partial charge >= 0.3 is 0 Å². The van der Waals surface area contributed by atoms with Gasteiger partial charge in [0.15, 0.2) is 0 Å². The number of hydrogen-bond acceptors (Lipinski definition) is 5. The van der Waals surface area contributed by atoms with Crippen molar-refractivity contribution in [1.29, 1.82) is 0 Å². The standard InChI is InChI=1S/C15H23N5O/c1-10(2)16-15-17-13-12(6-7-19(13)3)14(18-15)20-8-4-11(21)5-9-20/h6-7,10-11,21H,4-5,8-9H2,1-3H3,(H,16,17,18). The molecule has 0 bridgehead atoms.